The fourth-order valence-electron chi connectivity index (χ4n) is 2.13. The van der Waals surface area contributed by atoms with Gasteiger partial charge < -0.3 is 5.32 Å². The minimum Gasteiger partial charge on any atom is -0.305 e. The highest BCUT2D eigenvalue weighted by molar-refractivity contribution is 7.07. The van der Waals surface area contributed by atoms with Crippen molar-refractivity contribution in [1.82, 2.24) is 10.3 Å². The molecule has 96 valence electrons. The molecular weight excluding hydrogens is 240 g/mol. The molecule has 1 heterocycles. The average Bonchev–Trinajstić information content (AvgIpc) is 2.91. The minimum absolute atomic E-state index is 0.219. The largest absolute Gasteiger partial charge is 0.305 e. The number of thiazole rings is 1. The number of nitrogens with zero attached hydrogens (tertiary/aromatic N) is 1. The summed E-state index contributed by atoms with van der Waals surface area (Å²) in [6.45, 7) is 5.29. The van der Waals surface area contributed by atoms with Crippen LogP contribution in [0, 0.1) is 0 Å². The zero-order valence-corrected chi connectivity index (χ0v) is 11.8. The van der Waals surface area contributed by atoms with Crippen molar-refractivity contribution in [3.63, 3.8) is 0 Å². The number of benzene rings is 1. The molecule has 1 unspecified atom stereocenters. The molecule has 2 rings (SSSR count). The molecule has 3 heteroatoms. The molecular formula is C15H20N2S. The van der Waals surface area contributed by atoms with Crippen LogP contribution in [0.15, 0.2) is 35.2 Å². The minimum atomic E-state index is 0.219. The molecule has 0 bridgehead atoms. The molecule has 0 fully saturated rings. The zero-order valence-electron chi connectivity index (χ0n) is 11.0. The third kappa shape index (κ3) is 3.18. The summed E-state index contributed by atoms with van der Waals surface area (Å²) >= 11 is 1.65. The van der Waals surface area contributed by atoms with Gasteiger partial charge in [0.2, 0.25) is 0 Å². The molecule has 0 amide bonds. The molecule has 0 saturated heterocycles. The van der Waals surface area contributed by atoms with E-state index in [1.54, 1.807) is 11.3 Å². The highest BCUT2D eigenvalue weighted by atomic mass is 32.1. The van der Waals surface area contributed by atoms with Crippen molar-refractivity contribution in [2.24, 2.45) is 0 Å². The molecule has 1 aromatic carbocycles. The number of aryl methyl sites for hydroxylation is 1. The third-order valence-electron chi connectivity index (χ3n) is 3.01. The van der Waals surface area contributed by atoms with E-state index < -0.39 is 0 Å². The molecule has 1 atom stereocenters. The van der Waals surface area contributed by atoms with E-state index in [0.717, 1.165) is 18.7 Å². The fraction of sp³-hybridized carbons (Fsp3) is 0.400. The molecule has 0 aliphatic rings. The lowest BCUT2D eigenvalue weighted by Gasteiger charge is -2.16. The van der Waals surface area contributed by atoms with Crippen molar-refractivity contribution in [1.29, 1.82) is 0 Å². The van der Waals surface area contributed by atoms with Crippen LogP contribution in [-0.4, -0.2) is 11.5 Å². The van der Waals surface area contributed by atoms with Crippen LogP contribution in [0.3, 0.4) is 0 Å². The summed E-state index contributed by atoms with van der Waals surface area (Å²) in [7, 11) is 0. The fourth-order valence-corrected chi connectivity index (χ4v) is 2.71. The summed E-state index contributed by atoms with van der Waals surface area (Å²) < 4.78 is 0. The van der Waals surface area contributed by atoms with Crippen LogP contribution in [-0.2, 0) is 6.42 Å². The van der Waals surface area contributed by atoms with Gasteiger partial charge in [-0.05, 0) is 24.1 Å². The first-order chi connectivity index (χ1) is 8.85. The van der Waals surface area contributed by atoms with Crippen molar-refractivity contribution >= 4 is 11.3 Å². The Kier molecular flexibility index (Phi) is 4.90. The topological polar surface area (TPSA) is 24.9 Å². The monoisotopic (exact) mass is 260 g/mol. The maximum Gasteiger partial charge on any atom is 0.0795 e. The van der Waals surface area contributed by atoms with Crippen LogP contribution in [0.2, 0.25) is 0 Å². The zero-order chi connectivity index (χ0) is 12.8. The maximum atomic E-state index is 4.43. The van der Waals surface area contributed by atoms with Crippen molar-refractivity contribution in [2.75, 3.05) is 6.54 Å². The highest BCUT2D eigenvalue weighted by Gasteiger charge is 2.14. The van der Waals surface area contributed by atoms with Crippen LogP contribution < -0.4 is 5.32 Å². The summed E-state index contributed by atoms with van der Waals surface area (Å²) in [5.74, 6) is 0. The van der Waals surface area contributed by atoms with E-state index in [4.69, 9.17) is 0 Å². The van der Waals surface area contributed by atoms with Crippen molar-refractivity contribution < 1.29 is 0 Å². The van der Waals surface area contributed by atoms with Gasteiger partial charge in [0, 0.05) is 5.38 Å². The molecule has 1 N–H and O–H groups in total. The van der Waals surface area contributed by atoms with Gasteiger partial charge in [0.05, 0.1) is 17.2 Å². The van der Waals surface area contributed by atoms with E-state index in [-0.39, 0.29) is 6.04 Å². The van der Waals surface area contributed by atoms with Gasteiger partial charge in [-0.25, -0.2) is 4.98 Å². The Morgan fingerprint density at radius 3 is 2.56 bits per heavy atom. The van der Waals surface area contributed by atoms with E-state index >= 15 is 0 Å². The average molecular weight is 260 g/mol. The number of hydrogen-bond donors (Lipinski definition) is 1. The highest BCUT2D eigenvalue weighted by Crippen LogP contribution is 2.22. The Morgan fingerprint density at radius 2 is 2.00 bits per heavy atom. The van der Waals surface area contributed by atoms with Crippen LogP contribution in [0.4, 0.5) is 0 Å². The quantitative estimate of drug-likeness (QED) is 0.854. The number of aromatic nitrogens is 1. The van der Waals surface area contributed by atoms with Gasteiger partial charge in [0.25, 0.3) is 0 Å². The summed E-state index contributed by atoms with van der Waals surface area (Å²) in [5.41, 5.74) is 5.72. The van der Waals surface area contributed by atoms with E-state index in [0.29, 0.717) is 0 Å². The first-order valence-electron chi connectivity index (χ1n) is 6.55. The predicted octanol–water partition coefficient (Wildman–Crippen LogP) is 3.79. The summed E-state index contributed by atoms with van der Waals surface area (Å²) in [6.07, 6.45) is 2.35. The SMILES string of the molecule is CCCc1ccc(C(NCC)c2cscn2)cc1. The van der Waals surface area contributed by atoms with Gasteiger partial charge in [-0.15, -0.1) is 11.3 Å². The lowest BCUT2D eigenvalue weighted by molar-refractivity contribution is 0.618. The number of rotatable bonds is 6. The maximum absolute atomic E-state index is 4.43. The Labute approximate surface area is 113 Å². The van der Waals surface area contributed by atoms with Crippen molar-refractivity contribution in [3.05, 3.63) is 52.0 Å². The first-order valence-corrected chi connectivity index (χ1v) is 7.49. The lowest BCUT2D eigenvalue weighted by Crippen LogP contribution is -2.22. The second-order valence-electron chi connectivity index (χ2n) is 4.40. The Balaban J connectivity index is 2.20. The molecule has 18 heavy (non-hydrogen) atoms. The molecule has 2 aromatic rings. The molecule has 0 spiro atoms. The predicted molar refractivity (Wildman–Crippen MR) is 78.1 cm³/mol. The summed E-state index contributed by atoms with van der Waals surface area (Å²) in [6, 6.07) is 9.12. The normalized spacial score (nSPS) is 12.6. The number of nitrogens with one attached hydrogen (secondary N) is 1. The smallest absolute Gasteiger partial charge is 0.0795 e. The Bertz CT molecular complexity index is 448. The van der Waals surface area contributed by atoms with Gasteiger partial charge in [-0.1, -0.05) is 44.5 Å². The van der Waals surface area contributed by atoms with E-state index in [9.17, 15) is 0 Å². The van der Waals surface area contributed by atoms with E-state index in [1.807, 2.05) is 5.51 Å². The van der Waals surface area contributed by atoms with Gasteiger partial charge in [0.1, 0.15) is 0 Å². The second-order valence-corrected chi connectivity index (χ2v) is 5.11. The van der Waals surface area contributed by atoms with Crippen LogP contribution in [0.1, 0.15) is 43.1 Å². The van der Waals surface area contributed by atoms with Gasteiger partial charge in [-0.3, -0.25) is 0 Å². The van der Waals surface area contributed by atoms with Gasteiger partial charge in [0.15, 0.2) is 0 Å². The van der Waals surface area contributed by atoms with Crippen LogP contribution in [0.5, 0.6) is 0 Å². The third-order valence-corrected chi connectivity index (χ3v) is 3.61. The van der Waals surface area contributed by atoms with E-state index in [1.165, 1.54) is 17.5 Å². The molecule has 0 aliphatic carbocycles. The van der Waals surface area contributed by atoms with E-state index in [2.05, 4.69) is 53.8 Å². The first kappa shape index (κ1) is 13.2. The molecule has 0 aliphatic heterocycles. The molecule has 0 radical (unpaired) electrons. The Hall–Kier alpha value is -1.19. The summed E-state index contributed by atoms with van der Waals surface area (Å²) in [5, 5.41) is 5.62. The molecule has 1 aromatic heterocycles. The number of hydrogen-bond acceptors (Lipinski definition) is 3. The van der Waals surface area contributed by atoms with Gasteiger partial charge in [-0.2, -0.15) is 0 Å². The standard InChI is InChI=1S/C15H20N2S/c1-3-5-12-6-8-13(9-7-12)15(16-4-2)14-10-18-11-17-14/h6-11,15-16H,3-5H2,1-2H3. The lowest BCUT2D eigenvalue weighted by atomic mass is 10.0. The van der Waals surface area contributed by atoms with Crippen LogP contribution >= 0.6 is 11.3 Å². The Morgan fingerprint density at radius 1 is 1.22 bits per heavy atom. The molecule has 2 nitrogen and oxygen atoms in total. The van der Waals surface area contributed by atoms with Crippen molar-refractivity contribution in [3.8, 4) is 0 Å². The van der Waals surface area contributed by atoms with Crippen molar-refractivity contribution in [2.45, 2.75) is 32.7 Å². The second kappa shape index (κ2) is 6.66. The molecule has 0 saturated carbocycles. The van der Waals surface area contributed by atoms with Gasteiger partial charge >= 0.3 is 0 Å². The van der Waals surface area contributed by atoms with Crippen LogP contribution in [0.25, 0.3) is 0 Å². The summed E-state index contributed by atoms with van der Waals surface area (Å²) in [4.78, 5) is 4.43.